The summed E-state index contributed by atoms with van der Waals surface area (Å²) in [6.45, 7) is 0.552. The van der Waals surface area contributed by atoms with Crippen molar-refractivity contribution in [2.24, 2.45) is 0 Å². The van der Waals surface area contributed by atoms with Crippen LogP contribution in [-0.4, -0.2) is 9.38 Å². The van der Waals surface area contributed by atoms with E-state index in [0.29, 0.717) is 17.1 Å². The Kier molecular flexibility index (Phi) is 3.28. The maximum absolute atomic E-state index is 8.90. The summed E-state index contributed by atoms with van der Waals surface area (Å²) in [4.78, 5) is 4.49. The van der Waals surface area contributed by atoms with Gasteiger partial charge in [-0.1, -0.05) is 17.7 Å². The van der Waals surface area contributed by atoms with E-state index in [0.717, 1.165) is 17.0 Å². The van der Waals surface area contributed by atoms with Crippen molar-refractivity contribution < 1.29 is 0 Å². The number of nitrogens with one attached hydrogen (secondary N) is 1. The molecule has 2 aromatic heterocycles. The number of fused-ring (bicyclic) bond motifs is 1. The van der Waals surface area contributed by atoms with Gasteiger partial charge in [-0.25, -0.2) is 4.98 Å². The number of imidazole rings is 1. The van der Waals surface area contributed by atoms with Gasteiger partial charge in [0.2, 0.25) is 0 Å². The van der Waals surface area contributed by atoms with Gasteiger partial charge in [-0.2, -0.15) is 5.26 Å². The molecule has 98 valence electrons. The van der Waals surface area contributed by atoms with Gasteiger partial charge in [0.05, 0.1) is 34.6 Å². The summed E-state index contributed by atoms with van der Waals surface area (Å²) in [5.74, 6) is 0. The first-order valence-corrected chi connectivity index (χ1v) is 6.50. The van der Waals surface area contributed by atoms with Crippen LogP contribution < -0.4 is 5.32 Å². The van der Waals surface area contributed by atoms with Crippen LogP contribution in [0, 0.1) is 11.3 Å². The maximum Gasteiger partial charge on any atom is 0.137 e. The van der Waals surface area contributed by atoms with Crippen molar-refractivity contribution in [3.63, 3.8) is 0 Å². The first-order chi connectivity index (χ1) is 9.76. The zero-order chi connectivity index (χ0) is 13.9. The van der Waals surface area contributed by atoms with Crippen LogP contribution in [0.1, 0.15) is 11.3 Å². The van der Waals surface area contributed by atoms with Crippen LogP contribution in [0.4, 0.5) is 5.69 Å². The SMILES string of the molecule is N#Cc1ccc(Cl)c(NCc2cn3ccccc3n2)c1. The van der Waals surface area contributed by atoms with E-state index in [2.05, 4.69) is 16.4 Å². The van der Waals surface area contributed by atoms with Crippen molar-refractivity contribution in [3.8, 4) is 6.07 Å². The Balaban J connectivity index is 1.81. The second-order valence-electron chi connectivity index (χ2n) is 4.36. The fraction of sp³-hybridized carbons (Fsp3) is 0.0667. The second kappa shape index (κ2) is 5.24. The Hall–Kier alpha value is -2.51. The minimum atomic E-state index is 0.552. The molecule has 0 amide bonds. The average molecular weight is 283 g/mol. The van der Waals surface area contributed by atoms with Gasteiger partial charge < -0.3 is 9.72 Å². The molecule has 5 heteroatoms. The summed E-state index contributed by atoms with van der Waals surface area (Å²) in [5, 5.41) is 12.7. The number of aromatic nitrogens is 2. The number of hydrogen-bond acceptors (Lipinski definition) is 3. The van der Waals surface area contributed by atoms with E-state index < -0.39 is 0 Å². The number of anilines is 1. The summed E-state index contributed by atoms with van der Waals surface area (Å²) in [7, 11) is 0. The first kappa shape index (κ1) is 12.5. The Labute approximate surface area is 121 Å². The molecule has 0 saturated heterocycles. The van der Waals surface area contributed by atoms with Crippen molar-refractivity contribution in [3.05, 3.63) is 65.1 Å². The topological polar surface area (TPSA) is 53.1 Å². The Morgan fingerprint density at radius 1 is 1.30 bits per heavy atom. The van der Waals surface area contributed by atoms with Gasteiger partial charge in [-0.05, 0) is 30.3 Å². The molecule has 0 aliphatic rings. The smallest absolute Gasteiger partial charge is 0.137 e. The third-order valence-electron chi connectivity index (χ3n) is 2.97. The monoisotopic (exact) mass is 282 g/mol. The summed E-state index contributed by atoms with van der Waals surface area (Å²) in [6, 6.07) is 13.1. The zero-order valence-electron chi connectivity index (χ0n) is 10.5. The third-order valence-corrected chi connectivity index (χ3v) is 3.30. The molecule has 1 N–H and O–H groups in total. The van der Waals surface area contributed by atoms with Crippen molar-refractivity contribution in [2.75, 3.05) is 5.32 Å². The molecule has 0 saturated carbocycles. The number of nitriles is 1. The normalized spacial score (nSPS) is 10.4. The second-order valence-corrected chi connectivity index (χ2v) is 4.77. The zero-order valence-corrected chi connectivity index (χ0v) is 11.3. The van der Waals surface area contributed by atoms with Gasteiger partial charge in [0.1, 0.15) is 5.65 Å². The lowest BCUT2D eigenvalue weighted by Gasteiger charge is -2.06. The fourth-order valence-electron chi connectivity index (χ4n) is 1.99. The summed E-state index contributed by atoms with van der Waals surface area (Å²) in [5.41, 5.74) is 3.13. The molecular formula is C15H11ClN4. The number of halogens is 1. The molecule has 2 heterocycles. The summed E-state index contributed by atoms with van der Waals surface area (Å²) < 4.78 is 1.96. The Morgan fingerprint density at radius 2 is 2.20 bits per heavy atom. The fourth-order valence-corrected chi connectivity index (χ4v) is 2.17. The highest BCUT2D eigenvalue weighted by molar-refractivity contribution is 6.33. The Morgan fingerprint density at radius 3 is 3.00 bits per heavy atom. The summed E-state index contributed by atoms with van der Waals surface area (Å²) >= 11 is 6.10. The minimum absolute atomic E-state index is 0.552. The largest absolute Gasteiger partial charge is 0.378 e. The predicted molar refractivity (Wildman–Crippen MR) is 78.7 cm³/mol. The minimum Gasteiger partial charge on any atom is -0.378 e. The predicted octanol–water partition coefficient (Wildman–Crippen LogP) is 3.47. The number of hydrogen-bond donors (Lipinski definition) is 1. The van der Waals surface area contributed by atoms with E-state index in [1.165, 1.54) is 0 Å². The van der Waals surface area contributed by atoms with Crippen molar-refractivity contribution in [1.82, 2.24) is 9.38 Å². The molecule has 0 spiro atoms. The molecule has 0 bridgehead atoms. The first-order valence-electron chi connectivity index (χ1n) is 6.12. The van der Waals surface area contributed by atoms with Crippen LogP contribution in [0.25, 0.3) is 5.65 Å². The van der Waals surface area contributed by atoms with Gasteiger partial charge in [-0.3, -0.25) is 0 Å². The molecule has 0 aliphatic carbocycles. The lowest BCUT2D eigenvalue weighted by molar-refractivity contribution is 1.08. The van der Waals surface area contributed by atoms with Crippen LogP contribution >= 0.6 is 11.6 Å². The van der Waals surface area contributed by atoms with Crippen molar-refractivity contribution in [2.45, 2.75) is 6.54 Å². The molecule has 0 unspecified atom stereocenters. The highest BCUT2D eigenvalue weighted by Crippen LogP contribution is 2.23. The quantitative estimate of drug-likeness (QED) is 0.800. The van der Waals surface area contributed by atoms with Gasteiger partial charge in [0.15, 0.2) is 0 Å². The maximum atomic E-state index is 8.90. The van der Waals surface area contributed by atoms with E-state index in [9.17, 15) is 0 Å². The molecule has 0 aliphatic heterocycles. The summed E-state index contributed by atoms with van der Waals surface area (Å²) in [6.07, 6.45) is 3.92. The molecule has 0 fully saturated rings. The van der Waals surface area contributed by atoms with E-state index in [1.54, 1.807) is 18.2 Å². The highest BCUT2D eigenvalue weighted by atomic mass is 35.5. The molecule has 20 heavy (non-hydrogen) atoms. The molecule has 4 nitrogen and oxygen atoms in total. The molecule has 0 radical (unpaired) electrons. The molecule has 1 aromatic carbocycles. The number of rotatable bonds is 3. The van der Waals surface area contributed by atoms with Crippen molar-refractivity contribution >= 4 is 22.9 Å². The standard InChI is InChI=1S/C15H11ClN4/c16-13-5-4-11(8-17)7-14(13)18-9-12-10-20-6-2-1-3-15(20)19-12/h1-7,10,18H,9H2. The van der Waals surface area contributed by atoms with Gasteiger partial charge in [-0.15, -0.1) is 0 Å². The van der Waals surface area contributed by atoms with Crippen LogP contribution in [0.2, 0.25) is 5.02 Å². The molecule has 3 rings (SSSR count). The van der Waals surface area contributed by atoms with E-state index >= 15 is 0 Å². The van der Waals surface area contributed by atoms with E-state index in [4.69, 9.17) is 16.9 Å². The van der Waals surface area contributed by atoms with Crippen LogP contribution in [0.5, 0.6) is 0 Å². The van der Waals surface area contributed by atoms with Crippen LogP contribution in [0.15, 0.2) is 48.8 Å². The Bertz CT molecular complexity index is 768. The third kappa shape index (κ3) is 2.44. The van der Waals surface area contributed by atoms with E-state index in [-0.39, 0.29) is 0 Å². The highest BCUT2D eigenvalue weighted by Gasteiger charge is 2.04. The number of benzene rings is 1. The number of nitrogens with zero attached hydrogens (tertiary/aromatic N) is 3. The number of pyridine rings is 1. The average Bonchev–Trinajstić information content (AvgIpc) is 2.89. The van der Waals surface area contributed by atoms with E-state index in [1.807, 2.05) is 35.0 Å². The lowest BCUT2D eigenvalue weighted by Crippen LogP contribution is -2.00. The molecule has 0 atom stereocenters. The lowest BCUT2D eigenvalue weighted by atomic mass is 10.2. The van der Waals surface area contributed by atoms with Gasteiger partial charge in [0.25, 0.3) is 0 Å². The molecule has 3 aromatic rings. The van der Waals surface area contributed by atoms with Crippen LogP contribution in [0.3, 0.4) is 0 Å². The molecular weight excluding hydrogens is 272 g/mol. The van der Waals surface area contributed by atoms with Crippen LogP contribution in [-0.2, 0) is 6.54 Å². The van der Waals surface area contributed by atoms with Gasteiger partial charge >= 0.3 is 0 Å². The van der Waals surface area contributed by atoms with Gasteiger partial charge in [0, 0.05) is 12.4 Å². The van der Waals surface area contributed by atoms with Crippen molar-refractivity contribution in [1.29, 1.82) is 5.26 Å².